The summed E-state index contributed by atoms with van der Waals surface area (Å²) in [7, 11) is 0. The van der Waals surface area contributed by atoms with Gasteiger partial charge in [-0.05, 0) is 31.8 Å². The fourth-order valence-electron chi connectivity index (χ4n) is 3.13. The highest BCUT2D eigenvalue weighted by atomic mass is 16.4. The van der Waals surface area contributed by atoms with Crippen LogP contribution in [0.3, 0.4) is 0 Å². The van der Waals surface area contributed by atoms with Crippen molar-refractivity contribution in [3.8, 4) is 0 Å². The Morgan fingerprint density at radius 1 is 1.11 bits per heavy atom. The zero-order valence-corrected chi connectivity index (χ0v) is 12.7. The van der Waals surface area contributed by atoms with E-state index in [4.69, 9.17) is 0 Å². The van der Waals surface area contributed by atoms with E-state index in [0.29, 0.717) is 5.92 Å². The molecule has 1 aliphatic rings. The van der Waals surface area contributed by atoms with Crippen molar-refractivity contribution in [3.63, 3.8) is 0 Å². The van der Waals surface area contributed by atoms with Crippen LogP contribution < -0.4 is 0 Å². The van der Waals surface area contributed by atoms with E-state index >= 15 is 0 Å². The van der Waals surface area contributed by atoms with E-state index in [2.05, 4.69) is 18.7 Å². The minimum atomic E-state index is -0.635. The highest BCUT2D eigenvalue weighted by Crippen LogP contribution is 2.24. The molecule has 0 bridgehead atoms. The van der Waals surface area contributed by atoms with Crippen molar-refractivity contribution in [2.75, 3.05) is 13.1 Å². The third-order valence-electron chi connectivity index (χ3n) is 4.36. The summed E-state index contributed by atoms with van der Waals surface area (Å²) in [4.78, 5) is 13.4. The molecule has 0 amide bonds. The van der Waals surface area contributed by atoms with Crippen LogP contribution in [0.5, 0.6) is 0 Å². The summed E-state index contributed by atoms with van der Waals surface area (Å²) in [5.41, 5.74) is 0. The van der Waals surface area contributed by atoms with Gasteiger partial charge in [0.25, 0.3) is 0 Å². The Morgan fingerprint density at radius 2 is 1.68 bits per heavy atom. The number of likely N-dealkylation sites (tertiary alicyclic amines) is 1. The van der Waals surface area contributed by atoms with Crippen molar-refractivity contribution >= 4 is 5.97 Å². The predicted octanol–water partition coefficient (Wildman–Crippen LogP) is 3.92. The van der Waals surface area contributed by atoms with Crippen LogP contribution in [0.4, 0.5) is 0 Å². The van der Waals surface area contributed by atoms with Crippen molar-refractivity contribution < 1.29 is 9.90 Å². The highest BCUT2D eigenvalue weighted by molar-refractivity contribution is 5.74. The summed E-state index contributed by atoms with van der Waals surface area (Å²) < 4.78 is 0. The van der Waals surface area contributed by atoms with Gasteiger partial charge in [-0.25, -0.2) is 0 Å². The summed E-state index contributed by atoms with van der Waals surface area (Å²) >= 11 is 0. The molecule has 1 rings (SSSR count). The predicted molar refractivity (Wildman–Crippen MR) is 79.4 cm³/mol. The van der Waals surface area contributed by atoms with Gasteiger partial charge >= 0.3 is 5.97 Å². The second-order valence-corrected chi connectivity index (χ2v) is 6.06. The van der Waals surface area contributed by atoms with E-state index in [9.17, 15) is 9.90 Å². The second kappa shape index (κ2) is 9.35. The van der Waals surface area contributed by atoms with Gasteiger partial charge < -0.3 is 5.11 Å². The lowest BCUT2D eigenvalue weighted by atomic mass is 10.0. The Labute approximate surface area is 118 Å². The Morgan fingerprint density at radius 3 is 2.26 bits per heavy atom. The molecule has 0 aromatic carbocycles. The van der Waals surface area contributed by atoms with Crippen LogP contribution in [0.2, 0.25) is 0 Å². The fourth-order valence-corrected chi connectivity index (χ4v) is 3.13. The number of hydrogen-bond donors (Lipinski definition) is 1. The van der Waals surface area contributed by atoms with Crippen LogP contribution in [-0.4, -0.2) is 35.1 Å². The molecular formula is C16H31NO2. The average molecular weight is 269 g/mol. The van der Waals surface area contributed by atoms with Crippen LogP contribution in [0.25, 0.3) is 0 Å². The molecule has 19 heavy (non-hydrogen) atoms. The first-order valence-electron chi connectivity index (χ1n) is 8.13. The smallest absolute Gasteiger partial charge is 0.321 e. The van der Waals surface area contributed by atoms with Crippen LogP contribution in [0.1, 0.15) is 71.6 Å². The lowest BCUT2D eigenvalue weighted by molar-refractivity contribution is -0.143. The number of carbonyl (C=O) groups is 1. The molecular weight excluding hydrogens is 238 g/mol. The maximum Gasteiger partial charge on any atom is 0.321 e. The summed E-state index contributed by atoms with van der Waals surface area (Å²) in [6.07, 6.45) is 11.5. The molecule has 0 radical (unpaired) electrons. The Bertz CT molecular complexity index is 255. The second-order valence-electron chi connectivity index (χ2n) is 6.06. The number of rotatable bonds is 10. The summed E-state index contributed by atoms with van der Waals surface area (Å²) in [5, 5.41) is 9.24. The molecule has 0 aliphatic carbocycles. The number of nitrogens with zero attached hydrogens (tertiary/aromatic N) is 1. The third-order valence-corrected chi connectivity index (χ3v) is 4.36. The molecule has 2 unspecified atom stereocenters. The van der Waals surface area contributed by atoms with Gasteiger partial charge in [0.05, 0.1) is 0 Å². The number of hydrogen-bond acceptors (Lipinski definition) is 2. The monoisotopic (exact) mass is 269 g/mol. The maximum atomic E-state index is 11.2. The molecule has 0 saturated carbocycles. The van der Waals surface area contributed by atoms with Crippen molar-refractivity contribution in [1.29, 1.82) is 0 Å². The van der Waals surface area contributed by atoms with E-state index in [-0.39, 0.29) is 6.04 Å². The van der Waals surface area contributed by atoms with Crippen LogP contribution in [0, 0.1) is 5.92 Å². The average Bonchev–Trinajstić information content (AvgIpc) is 2.74. The molecule has 2 atom stereocenters. The first-order valence-corrected chi connectivity index (χ1v) is 8.13. The Hall–Kier alpha value is -0.570. The molecule has 0 spiro atoms. The molecule has 1 aliphatic heterocycles. The highest BCUT2D eigenvalue weighted by Gasteiger charge is 2.35. The van der Waals surface area contributed by atoms with Crippen LogP contribution in [-0.2, 0) is 4.79 Å². The summed E-state index contributed by atoms with van der Waals surface area (Å²) in [5.74, 6) is -0.323. The van der Waals surface area contributed by atoms with E-state index in [1.807, 2.05) is 0 Å². The summed E-state index contributed by atoms with van der Waals surface area (Å²) in [6.45, 7) is 6.24. The summed E-state index contributed by atoms with van der Waals surface area (Å²) in [6, 6.07) is -0.232. The zero-order chi connectivity index (χ0) is 14.1. The normalized spacial score (nSPS) is 23.9. The van der Waals surface area contributed by atoms with Gasteiger partial charge in [0.15, 0.2) is 0 Å². The van der Waals surface area contributed by atoms with E-state index in [1.54, 1.807) is 0 Å². The van der Waals surface area contributed by atoms with E-state index in [1.165, 1.54) is 44.9 Å². The van der Waals surface area contributed by atoms with E-state index < -0.39 is 5.97 Å². The van der Waals surface area contributed by atoms with Crippen molar-refractivity contribution in [2.24, 2.45) is 5.92 Å². The zero-order valence-electron chi connectivity index (χ0n) is 12.7. The lowest BCUT2D eigenvalue weighted by Gasteiger charge is -2.22. The van der Waals surface area contributed by atoms with Gasteiger partial charge in [-0.2, -0.15) is 0 Å². The quantitative estimate of drug-likeness (QED) is 0.611. The molecule has 1 fully saturated rings. The van der Waals surface area contributed by atoms with Gasteiger partial charge in [0.1, 0.15) is 6.04 Å². The molecule has 112 valence electrons. The van der Waals surface area contributed by atoms with Gasteiger partial charge in [0.2, 0.25) is 0 Å². The standard InChI is InChI=1S/C16H31NO2/c1-3-4-5-6-7-8-9-10-12-17-13-11-14(2)15(17)16(18)19/h14-15H,3-13H2,1-2H3,(H,18,19). The Balaban J connectivity index is 2.04. The largest absolute Gasteiger partial charge is 0.480 e. The molecule has 0 aromatic rings. The minimum Gasteiger partial charge on any atom is -0.480 e. The van der Waals surface area contributed by atoms with Gasteiger partial charge in [-0.1, -0.05) is 58.8 Å². The fraction of sp³-hybridized carbons (Fsp3) is 0.938. The SMILES string of the molecule is CCCCCCCCCCN1CCC(C)C1C(=O)O. The van der Waals surface area contributed by atoms with Gasteiger partial charge in [0, 0.05) is 0 Å². The van der Waals surface area contributed by atoms with Gasteiger partial charge in [-0.15, -0.1) is 0 Å². The van der Waals surface area contributed by atoms with Crippen molar-refractivity contribution in [3.05, 3.63) is 0 Å². The molecule has 1 heterocycles. The van der Waals surface area contributed by atoms with E-state index in [0.717, 1.165) is 25.9 Å². The first-order chi connectivity index (χ1) is 9.16. The van der Waals surface area contributed by atoms with Crippen molar-refractivity contribution in [2.45, 2.75) is 77.7 Å². The van der Waals surface area contributed by atoms with Crippen molar-refractivity contribution in [1.82, 2.24) is 4.90 Å². The molecule has 3 nitrogen and oxygen atoms in total. The van der Waals surface area contributed by atoms with Gasteiger partial charge in [-0.3, -0.25) is 9.69 Å². The first kappa shape index (κ1) is 16.5. The lowest BCUT2D eigenvalue weighted by Crippen LogP contribution is -2.39. The topological polar surface area (TPSA) is 40.5 Å². The molecule has 1 saturated heterocycles. The third kappa shape index (κ3) is 5.94. The number of aliphatic carboxylic acids is 1. The van der Waals surface area contributed by atoms with Crippen LogP contribution in [0.15, 0.2) is 0 Å². The molecule has 1 N–H and O–H groups in total. The molecule has 3 heteroatoms. The number of unbranched alkanes of at least 4 members (excludes halogenated alkanes) is 7. The Kier molecular flexibility index (Phi) is 8.11. The maximum absolute atomic E-state index is 11.2. The van der Waals surface area contributed by atoms with Crippen LogP contribution >= 0.6 is 0 Å². The molecule has 0 aromatic heterocycles. The number of carboxylic acid groups (broad SMARTS) is 1. The number of carboxylic acids is 1. The minimum absolute atomic E-state index is 0.232.